The fraction of sp³-hybridized carbons (Fsp3) is 1.00. The van der Waals surface area contributed by atoms with E-state index in [9.17, 15) is 0 Å². The van der Waals surface area contributed by atoms with Crippen molar-refractivity contribution in [2.24, 2.45) is 0 Å². The second-order valence-electron chi connectivity index (χ2n) is 4.41. The SMILES string of the molecule is CN1CCCNC1.SCN1CCCCC1. The normalized spacial score (nSPS) is 24.4. The van der Waals surface area contributed by atoms with Crippen molar-refractivity contribution in [2.75, 3.05) is 45.8 Å². The molecule has 2 aliphatic rings. The molecule has 4 heteroatoms. The predicted molar refractivity (Wildman–Crippen MR) is 69.4 cm³/mol. The first-order valence-electron chi connectivity index (χ1n) is 6.05. The molecule has 90 valence electrons. The molecule has 0 atom stereocenters. The predicted octanol–water partition coefficient (Wildman–Crippen LogP) is 1.23. The molecule has 0 bridgehead atoms. The molecule has 3 nitrogen and oxygen atoms in total. The summed E-state index contributed by atoms with van der Waals surface area (Å²) >= 11 is 4.19. The number of nitrogens with zero attached hydrogens (tertiary/aromatic N) is 2. The van der Waals surface area contributed by atoms with Gasteiger partial charge in [0.05, 0.1) is 0 Å². The van der Waals surface area contributed by atoms with Crippen LogP contribution in [0.2, 0.25) is 0 Å². The summed E-state index contributed by atoms with van der Waals surface area (Å²) in [5, 5.41) is 3.26. The highest BCUT2D eigenvalue weighted by molar-refractivity contribution is 7.80. The van der Waals surface area contributed by atoms with Crippen molar-refractivity contribution in [1.29, 1.82) is 0 Å². The van der Waals surface area contributed by atoms with E-state index in [1.54, 1.807) is 0 Å². The van der Waals surface area contributed by atoms with Crippen LogP contribution in [0.5, 0.6) is 0 Å². The third-order valence-electron chi connectivity index (χ3n) is 2.92. The molecule has 2 rings (SSSR count). The molecule has 0 spiro atoms. The fourth-order valence-corrected chi connectivity index (χ4v) is 2.21. The van der Waals surface area contributed by atoms with E-state index in [0.717, 1.165) is 12.5 Å². The lowest BCUT2D eigenvalue weighted by molar-refractivity contribution is 0.261. The number of likely N-dealkylation sites (tertiary alicyclic amines) is 1. The molecular formula is C11H25N3S. The Kier molecular flexibility index (Phi) is 7.44. The van der Waals surface area contributed by atoms with Gasteiger partial charge < -0.3 is 5.32 Å². The molecule has 0 amide bonds. The molecular weight excluding hydrogens is 206 g/mol. The smallest absolute Gasteiger partial charge is 0.0477 e. The Morgan fingerprint density at radius 3 is 2.13 bits per heavy atom. The third kappa shape index (κ3) is 6.40. The van der Waals surface area contributed by atoms with Gasteiger partial charge in [-0.25, -0.2) is 0 Å². The minimum absolute atomic E-state index is 0.944. The molecule has 2 saturated heterocycles. The lowest BCUT2D eigenvalue weighted by Gasteiger charge is -2.23. The van der Waals surface area contributed by atoms with Crippen molar-refractivity contribution < 1.29 is 0 Å². The van der Waals surface area contributed by atoms with E-state index < -0.39 is 0 Å². The van der Waals surface area contributed by atoms with Gasteiger partial charge in [0.25, 0.3) is 0 Å². The highest BCUT2D eigenvalue weighted by Crippen LogP contribution is 2.07. The zero-order chi connectivity index (χ0) is 10.9. The third-order valence-corrected chi connectivity index (χ3v) is 3.32. The number of piperidine rings is 1. The van der Waals surface area contributed by atoms with Crippen LogP contribution in [0.4, 0.5) is 0 Å². The Hall–Kier alpha value is 0.230. The van der Waals surface area contributed by atoms with Crippen molar-refractivity contribution in [2.45, 2.75) is 25.7 Å². The summed E-state index contributed by atoms with van der Waals surface area (Å²) in [7, 11) is 2.13. The fourth-order valence-electron chi connectivity index (χ4n) is 1.92. The molecule has 2 fully saturated rings. The van der Waals surface area contributed by atoms with E-state index in [1.807, 2.05) is 0 Å². The van der Waals surface area contributed by atoms with E-state index in [-0.39, 0.29) is 0 Å². The van der Waals surface area contributed by atoms with Crippen LogP contribution in [-0.2, 0) is 0 Å². The topological polar surface area (TPSA) is 18.5 Å². The zero-order valence-electron chi connectivity index (χ0n) is 9.91. The van der Waals surface area contributed by atoms with Crippen LogP contribution in [-0.4, -0.2) is 55.6 Å². The molecule has 2 heterocycles. The molecule has 15 heavy (non-hydrogen) atoms. The average molecular weight is 231 g/mol. The van der Waals surface area contributed by atoms with Crippen molar-refractivity contribution in [1.82, 2.24) is 15.1 Å². The van der Waals surface area contributed by atoms with Crippen LogP contribution in [0.25, 0.3) is 0 Å². The highest BCUT2D eigenvalue weighted by Gasteiger charge is 2.06. The number of rotatable bonds is 1. The summed E-state index contributed by atoms with van der Waals surface area (Å²) in [6.07, 6.45) is 5.47. The van der Waals surface area contributed by atoms with E-state index >= 15 is 0 Å². The van der Waals surface area contributed by atoms with Gasteiger partial charge in [0.1, 0.15) is 0 Å². The second kappa shape index (κ2) is 8.39. The quantitative estimate of drug-likeness (QED) is 0.662. The molecule has 0 saturated carbocycles. The molecule has 0 aliphatic carbocycles. The Morgan fingerprint density at radius 2 is 1.80 bits per heavy atom. The van der Waals surface area contributed by atoms with Crippen LogP contribution in [0, 0.1) is 0 Å². The highest BCUT2D eigenvalue weighted by atomic mass is 32.1. The summed E-state index contributed by atoms with van der Waals surface area (Å²) in [5.41, 5.74) is 0. The Bertz CT molecular complexity index is 143. The van der Waals surface area contributed by atoms with Crippen LogP contribution in [0.3, 0.4) is 0 Å². The van der Waals surface area contributed by atoms with Crippen molar-refractivity contribution in [3.8, 4) is 0 Å². The maximum Gasteiger partial charge on any atom is 0.0477 e. The van der Waals surface area contributed by atoms with Gasteiger partial charge in [-0.1, -0.05) is 6.42 Å². The molecule has 0 unspecified atom stereocenters. The average Bonchev–Trinajstić information content (AvgIpc) is 2.32. The van der Waals surface area contributed by atoms with E-state index in [2.05, 4.69) is 34.8 Å². The molecule has 0 aromatic heterocycles. The summed E-state index contributed by atoms with van der Waals surface area (Å²) < 4.78 is 0. The lowest BCUT2D eigenvalue weighted by Crippen LogP contribution is -2.38. The zero-order valence-corrected chi connectivity index (χ0v) is 10.8. The van der Waals surface area contributed by atoms with E-state index in [0.29, 0.717) is 0 Å². The van der Waals surface area contributed by atoms with Gasteiger partial charge in [-0.15, -0.1) is 0 Å². The van der Waals surface area contributed by atoms with Gasteiger partial charge in [0.2, 0.25) is 0 Å². The summed E-state index contributed by atoms with van der Waals surface area (Å²) in [6.45, 7) is 6.06. The Morgan fingerprint density at radius 1 is 1.07 bits per heavy atom. The van der Waals surface area contributed by atoms with Gasteiger partial charge in [0, 0.05) is 19.1 Å². The summed E-state index contributed by atoms with van der Waals surface area (Å²) in [6, 6.07) is 0. The molecule has 1 N–H and O–H groups in total. The van der Waals surface area contributed by atoms with Gasteiger partial charge in [-0.05, 0) is 45.9 Å². The number of hydrogen-bond acceptors (Lipinski definition) is 4. The first-order valence-corrected chi connectivity index (χ1v) is 6.68. The monoisotopic (exact) mass is 231 g/mol. The molecule has 0 radical (unpaired) electrons. The maximum atomic E-state index is 4.19. The Balaban J connectivity index is 0.000000151. The van der Waals surface area contributed by atoms with E-state index in [4.69, 9.17) is 0 Å². The van der Waals surface area contributed by atoms with Crippen LogP contribution in [0.1, 0.15) is 25.7 Å². The van der Waals surface area contributed by atoms with Crippen molar-refractivity contribution in [3.05, 3.63) is 0 Å². The standard InChI is InChI=1S/C6H13NS.C5H12N2/c8-6-7-4-2-1-3-5-7;1-7-4-2-3-6-5-7/h8H,1-6H2;6H,2-5H2,1H3. The lowest BCUT2D eigenvalue weighted by atomic mass is 10.1. The summed E-state index contributed by atoms with van der Waals surface area (Å²) in [5.74, 6) is 0.944. The molecule has 2 aliphatic heterocycles. The molecule has 0 aromatic rings. The van der Waals surface area contributed by atoms with Gasteiger partial charge in [-0.2, -0.15) is 12.6 Å². The first kappa shape index (κ1) is 13.3. The van der Waals surface area contributed by atoms with Crippen molar-refractivity contribution in [3.63, 3.8) is 0 Å². The largest absolute Gasteiger partial charge is 0.304 e. The van der Waals surface area contributed by atoms with E-state index in [1.165, 1.54) is 51.9 Å². The second-order valence-corrected chi connectivity index (χ2v) is 4.69. The van der Waals surface area contributed by atoms with Crippen LogP contribution in [0.15, 0.2) is 0 Å². The Labute approximate surface area is 99.6 Å². The minimum atomic E-state index is 0.944. The number of thiol groups is 1. The van der Waals surface area contributed by atoms with Crippen LogP contribution < -0.4 is 5.32 Å². The van der Waals surface area contributed by atoms with Gasteiger partial charge in [-0.3, -0.25) is 9.80 Å². The maximum absolute atomic E-state index is 4.19. The van der Waals surface area contributed by atoms with Crippen LogP contribution >= 0.6 is 12.6 Å². The summed E-state index contributed by atoms with van der Waals surface area (Å²) in [4.78, 5) is 4.66. The number of hydrogen-bond donors (Lipinski definition) is 2. The first-order chi connectivity index (χ1) is 7.33. The minimum Gasteiger partial charge on any atom is -0.304 e. The van der Waals surface area contributed by atoms with Crippen molar-refractivity contribution >= 4 is 12.6 Å². The van der Waals surface area contributed by atoms with Gasteiger partial charge >= 0.3 is 0 Å². The molecule has 0 aromatic carbocycles. The number of nitrogens with one attached hydrogen (secondary N) is 1. The van der Waals surface area contributed by atoms with Gasteiger partial charge in [0.15, 0.2) is 0 Å².